The Morgan fingerprint density at radius 1 is 0.772 bits per heavy atom. The first kappa shape index (κ1) is 60.8. The van der Waals surface area contributed by atoms with Crippen LogP contribution in [-0.4, -0.2) is 76.4 Å². The molecule has 2 N–H and O–H groups in total. The molecular weight excluding hydrogens is 978 g/mol. The smallest absolute Gasteiger partial charge is 1.00 e. The van der Waals surface area contributed by atoms with E-state index in [1.165, 1.54) is 57.4 Å². The molecule has 0 atom stereocenters. The van der Waals surface area contributed by atoms with Gasteiger partial charge in [0.1, 0.15) is 19.0 Å². The molecule has 1 fully saturated rings. The van der Waals surface area contributed by atoms with Crippen LogP contribution in [0.15, 0.2) is 111 Å². The molecule has 0 bridgehead atoms. The van der Waals surface area contributed by atoms with Crippen molar-refractivity contribution in [2.24, 2.45) is 0 Å². The second kappa shape index (κ2) is 42.7. The van der Waals surface area contributed by atoms with Crippen molar-refractivity contribution in [2.75, 3.05) is 26.4 Å². The van der Waals surface area contributed by atoms with Gasteiger partial charge in [-0.3, -0.25) is 9.59 Å². The first-order valence-electron chi connectivity index (χ1n) is 16.8. The van der Waals surface area contributed by atoms with Crippen LogP contribution in [0, 0.1) is 0 Å². The third-order valence-corrected chi connectivity index (χ3v) is 10.5. The van der Waals surface area contributed by atoms with Crippen LogP contribution >= 0.6 is 23.2 Å². The molecule has 0 aliphatic carbocycles. The Bertz CT molecular complexity index is 1470. The number of rotatable bonds is 14. The van der Waals surface area contributed by atoms with Gasteiger partial charge >= 0.3 is 85.0 Å². The molecule has 0 spiro atoms. The zero-order chi connectivity index (χ0) is 41.7. The van der Waals surface area contributed by atoms with Gasteiger partial charge in [-0.15, -0.1) is 0 Å². The molecule has 17 heteroatoms. The van der Waals surface area contributed by atoms with Crippen LogP contribution in [0.4, 0.5) is 0 Å². The molecule has 3 aromatic carbocycles. The summed E-state index contributed by atoms with van der Waals surface area (Å²) in [6, 6.07) is 20.9. The molecule has 4 rings (SSSR count). The van der Waals surface area contributed by atoms with Gasteiger partial charge in [-0.2, -0.15) is 0 Å². The van der Waals surface area contributed by atoms with Crippen LogP contribution in [-0.2, 0) is 74.4 Å². The molecule has 0 aromatic heterocycles. The van der Waals surface area contributed by atoms with Gasteiger partial charge in [0, 0.05) is 41.7 Å². The molecule has 3 aromatic rings. The van der Waals surface area contributed by atoms with E-state index < -0.39 is 36.0 Å². The second-order valence-electron chi connectivity index (χ2n) is 10.3. The summed E-state index contributed by atoms with van der Waals surface area (Å²) in [6.07, 6.45) is 7.13. The minimum Gasteiger partial charge on any atom is -1.00 e. The maximum atomic E-state index is 10.6. The van der Waals surface area contributed by atoms with Gasteiger partial charge in [-0.1, -0.05) is 80.4 Å². The van der Waals surface area contributed by atoms with Crippen molar-refractivity contribution in [3.05, 3.63) is 139 Å². The van der Waals surface area contributed by atoms with Crippen molar-refractivity contribution in [2.45, 2.75) is 53.4 Å². The van der Waals surface area contributed by atoms with Crippen molar-refractivity contribution < 1.29 is 99.4 Å². The van der Waals surface area contributed by atoms with E-state index in [0.29, 0.717) is 13.2 Å². The number of benzene rings is 3. The fourth-order valence-electron chi connectivity index (χ4n) is 3.45. The van der Waals surface area contributed by atoms with Crippen molar-refractivity contribution >= 4 is 63.0 Å². The average molecular weight is 1030 g/mol. The van der Waals surface area contributed by atoms with Crippen LogP contribution in [0.3, 0.4) is 0 Å². The summed E-state index contributed by atoms with van der Waals surface area (Å²) in [6.45, 7) is 18.7. The number of hydrogen-bond acceptors (Lipinski definition) is 12. The fourth-order valence-corrected chi connectivity index (χ4v) is 5.20. The average Bonchev–Trinajstić information content (AvgIpc) is 3.78. The van der Waals surface area contributed by atoms with Gasteiger partial charge in [0.25, 0.3) is 10.5 Å². The Morgan fingerprint density at radius 2 is 1.25 bits per heavy atom. The first-order chi connectivity index (χ1) is 26.4. The van der Waals surface area contributed by atoms with Crippen LogP contribution in [0.5, 0.6) is 5.75 Å². The molecule has 0 amide bonds. The van der Waals surface area contributed by atoms with Crippen LogP contribution in [0.2, 0.25) is 0 Å². The zero-order valence-electron chi connectivity index (χ0n) is 34.2. The van der Waals surface area contributed by atoms with Gasteiger partial charge in [-0.05, 0) is 77.9 Å². The van der Waals surface area contributed by atoms with Gasteiger partial charge in [0.05, 0.1) is 32.3 Å². The van der Waals surface area contributed by atoms with E-state index in [2.05, 4.69) is 29.8 Å². The van der Waals surface area contributed by atoms with Gasteiger partial charge in [0.2, 0.25) is 0 Å². The third-order valence-electron chi connectivity index (χ3n) is 5.94. The Morgan fingerprint density at radius 3 is 1.61 bits per heavy atom. The summed E-state index contributed by atoms with van der Waals surface area (Å²) < 4.78 is 29.0. The minimum atomic E-state index is -2.04. The molecule has 12 nitrogen and oxygen atoms in total. The van der Waals surface area contributed by atoms with Gasteiger partial charge in [-0.25, -0.2) is 0 Å². The molecule has 1 aliphatic heterocycles. The number of carbonyl (C=O) groups excluding carboxylic acids is 4. The SMILES string of the molecule is C1CCOC1.C=CCOc1cccc(COC=C)c1.C=COCC.CC(=O)[O][Hg][O]C(C)=O.O=C(Cl)c1cccc(C(=O)Cl)c1.OCc1cccc(CO)c1.[Al].[H-].[Li+]. The molecule has 57 heavy (non-hydrogen) atoms. The van der Waals surface area contributed by atoms with E-state index >= 15 is 0 Å². The fraction of sp³-hybridized carbons (Fsp3) is 0.300. The maximum absolute atomic E-state index is 10.6. The predicted octanol–water partition coefficient (Wildman–Crippen LogP) is 4.75. The Balaban J connectivity index is -0.000000198. The number of aliphatic hydroxyl groups is 2. The molecule has 303 valence electrons. The van der Waals surface area contributed by atoms with E-state index in [0.717, 1.165) is 42.3 Å². The van der Waals surface area contributed by atoms with Crippen molar-refractivity contribution in [1.82, 2.24) is 0 Å². The summed E-state index contributed by atoms with van der Waals surface area (Å²) in [5.41, 5.74) is 3.27. The quantitative estimate of drug-likeness (QED) is 0.0988. The normalized spacial score (nSPS) is 9.81. The van der Waals surface area contributed by atoms with Crippen molar-refractivity contribution in [3.63, 3.8) is 0 Å². The summed E-state index contributed by atoms with van der Waals surface area (Å²) in [4.78, 5) is 41.4. The minimum absolute atomic E-state index is 0. The Labute approximate surface area is 384 Å². The summed E-state index contributed by atoms with van der Waals surface area (Å²) in [5.74, 6) is 0.103. The standard InChI is InChI=1S/C12H14O2.C8H4Cl2O2.C8H10O2.2C4H8O.2C2H4O2.Al.Hg.Li.H/c1-3-8-14-12-7-5-6-11(9-12)10-13-4-2;9-7(11)5-2-1-3-6(4-5)8(10)12;9-5-7-2-1-3-8(4-7)6-10;1-2-4-5-3-1;1-3-5-4-2;2*1-2(3)4;;;;/h3-7,9H,1-2,8,10H2;1-4H;1-4,9-10H,5-6H2;1-4H2;3H,1,4H2,2H3;2*1H3,(H,3,4);;;;/q;;;;;;;;+2;+1;-1/p-2. The van der Waals surface area contributed by atoms with Crippen LogP contribution < -0.4 is 23.6 Å². The molecule has 0 unspecified atom stereocenters. The van der Waals surface area contributed by atoms with Gasteiger partial charge < -0.3 is 30.6 Å². The predicted molar refractivity (Wildman–Crippen MR) is 214 cm³/mol. The molecule has 1 heterocycles. The van der Waals surface area contributed by atoms with Crippen LogP contribution in [0.1, 0.15) is 72.4 Å². The first-order valence-corrected chi connectivity index (χ1v) is 22.0. The largest absolute Gasteiger partial charge is 1.00 e. The third kappa shape index (κ3) is 38.4. The molecule has 0 saturated carbocycles. The van der Waals surface area contributed by atoms with Crippen molar-refractivity contribution in [3.8, 4) is 5.75 Å². The summed E-state index contributed by atoms with van der Waals surface area (Å²) >= 11 is 8.33. The van der Waals surface area contributed by atoms with Crippen molar-refractivity contribution in [1.29, 1.82) is 0 Å². The van der Waals surface area contributed by atoms with Crippen LogP contribution in [0.25, 0.3) is 0 Å². The van der Waals surface area contributed by atoms with E-state index in [9.17, 15) is 19.2 Å². The van der Waals surface area contributed by atoms with E-state index in [-0.39, 0.29) is 73.9 Å². The zero-order valence-corrected chi connectivity index (χ0v) is 41.3. The summed E-state index contributed by atoms with van der Waals surface area (Å²) in [5, 5.41) is 16.1. The topological polar surface area (TPSA) is 164 Å². The molecule has 1 saturated heterocycles. The van der Waals surface area contributed by atoms with E-state index in [1.807, 2.05) is 49.4 Å². The number of carbonyl (C=O) groups is 4. The van der Waals surface area contributed by atoms with E-state index in [1.54, 1.807) is 18.2 Å². The Kier molecular flexibility index (Phi) is 45.5. The number of ether oxygens (including phenoxy) is 4. The number of aliphatic hydroxyl groups excluding tert-OH is 2. The second-order valence-corrected chi connectivity index (χ2v) is 14.2. The Hall–Kier alpha value is -2.92. The molecular formula is C40H51AlCl2HgLiO12. The number of hydrogen-bond donors (Lipinski definition) is 2. The molecule has 1 aliphatic rings. The molecule has 3 radical (unpaired) electrons. The maximum Gasteiger partial charge on any atom is 1.00 e. The van der Waals surface area contributed by atoms with E-state index in [4.69, 9.17) is 47.6 Å². The monoisotopic (exact) mass is 1030 g/mol. The summed E-state index contributed by atoms with van der Waals surface area (Å²) in [7, 11) is 0. The number of halogens is 2. The van der Waals surface area contributed by atoms with Gasteiger partial charge in [0.15, 0.2) is 0 Å².